The van der Waals surface area contributed by atoms with Crippen molar-refractivity contribution in [3.05, 3.63) is 29.8 Å². The summed E-state index contributed by atoms with van der Waals surface area (Å²) in [6, 6.07) is 6.47. The topological polar surface area (TPSA) is 66.4 Å². The van der Waals surface area contributed by atoms with E-state index in [9.17, 15) is 8.42 Å². The van der Waals surface area contributed by atoms with Gasteiger partial charge in [0.15, 0.2) is 0 Å². The molecule has 96 valence electrons. The molecule has 0 spiro atoms. The van der Waals surface area contributed by atoms with Crippen LogP contribution >= 0.6 is 0 Å². The zero-order chi connectivity index (χ0) is 12.9. The summed E-state index contributed by atoms with van der Waals surface area (Å²) in [5.41, 5.74) is 0.830. The lowest BCUT2D eigenvalue weighted by Crippen LogP contribution is -2.26. The fraction of sp³-hybridized carbons (Fsp3) is 0.500. The lowest BCUT2D eigenvalue weighted by Gasteiger charge is -2.08. The van der Waals surface area contributed by atoms with E-state index >= 15 is 0 Å². The van der Waals surface area contributed by atoms with Crippen molar-refractivity contribution in [2.75, 3.05) is 5.75 Å². The number of phenolic OH excluding ortho intramolecular Hbond substituents is 1. The van der Waals surface area contributed by atoms with Gasteiger partial charge >= 0.3 is 0 Å². The monoisotopic (exact) mass is 257 g/mol. The van der Waals surface area contributed by atoms with Gasteiger partial charge in [-0.3, -0.25) is 0 Å². The molecule has 1 rings (SSSR count). The van der Waals surface area contributed by atoms with Crippen LogP contribution in [0.4, 0.5) is 0 Å². The van der Waals surface area contributed by atoms with Gasteiger partial charge in [-0.15, -0.1) is 0 Å². The van der Waals surface area contributed by atoms with Gasteiger partial charge in [-0.1, -0.05) is 26.0 Å². The summed E-state index contributed by atoms with van der Waals surface area (Å²) < 4.78 is 25.8. The average molecular weight is 257 g/mol. The zero-order valence-corrected chi connectivity index (χ0v) is 11.0. The summed E-state index contributed by atoms with van der Waals surface area (Å²) in [5, 5.41) is 9.09. The summed E-state index contributed by atoms with van der Waals surface area (Å²) in [6.45, 7) is 4.26. The van der Waals surface area contributed by atoms with Crippen molar-refractivity contribution in [3.8, 4) is 5.75 Å². The minimum atomic E-state index is -3.20. The number of aromatic hydroxyl groups is 1. The van der Waals surface area contributed by atoms with Crippen LogP contribution in [0.25, 0.3) is 0 Å². The van der Waals surface area contributed by atoms with Gasteiger partial charge in [-0.05, 0) is 30.0 Å². The number of phenols is 1. The van der Waals surface area contributed by atoms with Gasteiger partial charge < -0.3 is 5.11 Å². The van der Waals surface area contributed by atoms with Crippen LogP contribution in [0, 0.1) is 5.92 Å². The third-order valence-electron chi connectivity index (χ3n) is 2.40. The van der Waals surface area contributed by atoms with Gasteiger partial charge in [-0.25, -0.2) is 13.1 Å². The summed E-state index contributed by atoms with van der Waals surface area (Å²) in [7, 11) is -3.20. The third kappa shape index (κ3) is 5.70. The van der Waals surface area contributed by atoms with E-state index in [4.69, 9.17) is 5.11 Å². The van der Waals surface area contributed by atoms with Crippen molar-refractivity contribution in [2.45, 2.75) is 26.8 Å². The van der Waals surface area contributed by atoms with Gasteiger partial charge in [0.05, 0.1) is 5.75 Å². The number of nitrogens with one attached hydrogen (secondary N) is 1. The highest BCUT2D eigenvalue weighted by atomic mass is 32.2. The van der Waals surface area contributed by atoms with E-state index in [2.05, 4.69) is 4.72 Å². The maximum Gasteiger partial charge on any atom is 0.211 e. The van der Waals surface area contributed by atoms with E-state index in [0.29, 0.717) is 12.3 Å². The molecular formula is C12H19NO3S. The normalized spacial score (nSPS) is 11.9. The summed E-state index contributed by atoms with van der Waals surface area (Å²) in [6.07, 6.45) is 0.658. The van der Waals surface area contributed by atoms with E-state index < -0.39 is 10.0 Å². The lowest BCUT2D eigenvalue weighted by atomic mass is 10.2. The van der Waals surface area contributed by atoms with Crippen LogP contribution in [0.5, 0.6) is 5.75 Å². The molecule has 0 fully saturated rings. The quantitative estimate of drug-likeness (QED) is 0.817. The van der Waals surface area contributed by atoms with Gasteiger partial charge in [0, 0.05) is 6.54 Å². The molecular weight excluding hydrogens is 238 g/mol. The lowest BCUT2D eigenvalue weighted by molar-refractivity contribution is 0.475. The molecule has 0 atom stereocenters. The standard InChI is InChI=1S/C12H19NO3S/c1-10(2)7-8-17(15,16)13-9-11-3-5-12(14)6-4-11/h3-6,10,13-14H,7-9H2,1-2H3. The van der Waals surface area contributed by atoms with Crippen LogP contribution in [-0.2, 0) is 16.6 Å². The van der Waals surface area contributed by atoms with Crippen molar-refractivity contribution in [1.29, 1.82) is 0 Å². The Labute approximate surface area is 103 Å². The molecule has 5 heteroatoms. The van der Waals surface area contributed by atoms with Gasteiger partial charge in [-0.2, -0.15) is 0 Å². The Kier molecular flexibility index (Phi) is 4.96. The first-order chi connectivity index (χ1) is 7.89. The molecule has 0 saturated heterocycles. The molecule has 0 bridgehead atoms. The highest BCUT2D eigenvalue weighted by Crippen LogP contribution is 2.10. The number of sulfonamides is 1. The Morgan fingerprint density at radius 3 is 2.35 bits per heavy atom. The Morgan fingerprint density at radius 1 is 1.24 bits per heavy atom. The second-order valence-corrected chi connectivity index (χ2v) is 6.42. The first kappa shape index (κ1) is 14.0. The molecule has 0 saturated carbocycles. The predicted octanol–water partition coefficient (Wildman–Crippen LogP) is 1.86. The Morgan fingerprint density at radius 2 is 1.82 bits per heavy atom. The van der Waals surface area contributed by atoms with Crippen LogP contribution in [0.2, 0.25) is 0 Å². The van der Waals surface area contributed by atoms with Crippen molar-refractivity contribution in [2.24, 2.45) is 5.92 Å². The highest BCUT2D eigenvalue weighted by molar-refractivity contribution is 7.89. The van der Waals surface area contributed by atoms with E-state index in [1.165, 1.54) is 12.1 Å². The molecule has 17 heavy (non-hydrogen) atoms. The molecule has 4 nitrogen and oxygen atoms in total. The van der Waals surface area contributed by atoms with Crippen molar-refractivity contribution < 1.29 is 13.5 Å². The molecule has 1 aromatic carbocycles. The van der Waals surface area contributed by atoms with E-state index in [1.54, 1.807) is 12.1 Å². The predicted molar refractivity (Wildman–Crippen MR) is 68.2 cm³/mol. The first-order valence-corrected chi connectivity index (χ1v) is 7.29. The molecule has 0 aliphatic rings. The van der Waals surface area contributed by atoms with Crippen molar-refractivity contribution >= 4 is 10.0 Å². The number of benzene rings is 1. The maximum absolute atomic E-state index is 11.6. The van der Waals surface area contributed by atoms with E-state index in [-0.39, 0.29) is 18.0 Å². The molecule has 0 aliphatic carbocycles. The molecule has 0 amide bonds. The highest BCUT2D eigenvalue weighted by Gasteiger charge is 2.10. The van der Waals surface area contributed by atoms with Crippen LogP contribution in [0.3, 0.4) is 0 Å². The van der Waals surface area contributed by atoms with E-state index in [1.807, 2.05) is 13.8 Å². The number of hydrogen-bond donors (Lipinski definition) is 2. The summed E-state index contributed by atoms with van der Waals surface area (Å²) >= 11 is 0. The molecule has 1 aromatic rings. The number of rotatable bonds is 6. The minimum absolute atomic E-state index is 0.156. The summed E-state index contributed by atoms with van der Waals surface area (Å²) in [5.74, 6) is 0.708. The van der Waals surface area contributed by atoms with Crippen molar-refractivity contribution in [1.82, 2.24) is 4.72 Å². The Bertz CT molecular complexity index is 437. The summed E-state index contributed by atoms with van der Waals surface area (Å²) in [4.78, 5) is 0. The van der Waals surface area contributed by atoms with Gasteiger partial charge in [0.1, 0.15) is 5.75 Å². The largest absolute Gasteiger partial charge is 0.508 e. The van der Waals surface area contributed by atoms with Crippen molar-refractivity contribution in [3.63, 3.8) is 0 Å². The third-order valence-corrected chi connectivity index (χ3v) is 3.75. The Balaban J connectivity index is 2.47. The molecule has 0 aromatic heterocycles. The van der Waals surface area contributed by atoms with Crippen LogP contribution in [-0.4, -0.2) is 19.3 Å². The van der Waals surface area contributed by atoms with Gasteiger partial charge in [0.25, 0.3) is 0 Å². The van der Waals surface area contributed by atoms with Gasteiger partial charge in [0.2, 0.25) is 10.0 Å². The second-order valence-electron chi connectivity index (χ2n) is 4.49. The SMILES string of the molecule is CC(C)CCS(=O)(=O)NCc1ccc(O)cc1. The Hall–Kier alpha value is -1.07. The number of hydrogen-bond acceptors (Lipinski definition) is 3. The second kappa shape index (κ2) is 6.02. The molecule has 0 aliphatic heterocycles. The molecule has 0 unspecified atom stereocenters. The molecule has 0 radical (unpaired) electrons. The van der Waals surface area contributed by atoms with Crippen LogP contribution < -0.4 is 4.72 Å². The zero-order valence-electron chi connectivity index (χ0n) is 10.2. The average Bonchev–Trinajstić information content (AvgIpc) is 2.26. The van der Waals surface area contributed by atoms with Crippen LogP contribution in [0.15, 0.2) is 24.3 Å². The minimum Gasteiger partial charge on any atom is -0.508 e. The maximum atomic E-state index is 11.6. The smallest absolute Gasteiger partial charge is 0.211 e. The molecule has 2 N–H and O–H groups in total. The fourth-order valence-corrected chi connectivity index (χ4v) is 2.58. The fourth-order valence-electron chi connectivity index (χ4n) is 1.27. The van der Waals surface area contributed by atoms with Crippen LogP contribution in [0.1, 0.15) is 25.8 Å². The first-order valence-electron chi connectivity index (χ1n) is 5.64. The molecule has 0 heterocycles. The van der Waals surface area contributed by atoms with E-state index in [0.717, 1.165) is 5.56 Å².